The minimum absolute atomic E-state index is 0.535. The van der Waals surface area contributed by atoms with Crippen LogP contribution in [0.3, 0.4) is 0 Å². The highest BCUT2D eigenvalue weighted by Gasteiger charge is 2.10. The van der Waals surface area contributed by atoms with Crippen molar-refractivity contribution in [1.82, 2.24) is 23.5 Å². The Morgan fingerprint density at radius 3 is 3.06 bits per heavy atom. The summed E-state index contributed by atoms with van der Waals surface area (Å²) in [7, 11) is 1.89. The maximum absolute atomic E-state index is 6.17. The molecule has 0 bridgehead atoms. The Morgan fingerprint density at radius 2 is 2.28 bits per heavy atom. The van der Waals surface area contributed by atoms with Crippen LogP contribution in [-0.2, 0) is 13.6 Å². The third kappa shape index (κ3) is 1.91. The van der Waals surface area contributed by atoms with Crippen LogP contribution in [0.15, 0.2) is 18.5 Å². The molecular formula is C10H9ClN6S. The van der Waals surface area contributed by atoms with Gasteiger partial charge in [0, 0.05) is 7.05 Å². The van der Waals surface area contributed by atoms with E-state index in [0.717, 1.165) is 22.5 Å². The second-order valence-electron chi connectivity index (χ2n) is 3.77. The lowest BCUT2D eigenvalue weighted by atomic mass is 10.2. The summed E-state index contributed by atoms with van der Waals surface area (Å²) in [6, 6.07) is 3.67. The Kier molecular flexibility index (Phi) is 2.85. The lowest BCUT2D eigenvalue weighted by Gasteiger charge is -2.07. The molecule has 2 aromatic heterocycles. The predicted octanol–water partition coefficient (Wildman–Crippen LogP) is 2.09. The van der Waals surface area contributed by atoms with Crippen molar-refractivity contribution in [3.8, 4) is 0 Å². The van der Waals surface area contributed by atoms with E-state index in [4.69, 9.17) is 11.6 Å². The number of rotatable bonds is 3. The molecule has 3 aromatic rings. The average molecular weight is 281 g/mol. The van der Waals surface area contributed by atoms with Crippen molar-refractivity contribution in [1.29, 1.82) is 0 Å². The summed E-state index contributed by atoms with van der Waals surface area (Å²) in [5.41, 5.74) is 2.41. The third-order valence-corrected chi connectivity index (χ3v) is 3.46. The molecule has 0 radical (unpaired) electrons. The minimum atomic E-state index is 0.535. The summed E-state index contributed by atoms with van der Waals surface area (Å²) in [5.74, 6) is 0.825. The maximum Gasteiger partial charge on any atom is 0.151 e. The van der Waals surface area contributed by atoms with Gasteiger partial charge in [-0.2, -0.15) is 8.75 Å². The number of aryl methyl sites for hydroxylation is 1. The maximum atomic E-state index is 6.17. The molecule has 0 saturated carbocycles. The molecule has 18 heavy (non-hydrogen) atoms. The molecule has 8 heteroatoms. The topological polar surface area (TPSA) is 68.5 Å². The van der Waals surface area contributed by atoms with E-state index >= 15 is 0 Å². The van der Waals surface area contributed by atoms with Gasteiger partial charge in [-0.15, -0.1) is 10.2 Å². The number of hydrogen-bond donors (Lipinski definition) is 1. The van der Waals surface area contributed by atoms with Gasteiger partial charge in [0.15, 0.2) is 5.82 Å². The van der Waals surface area contributed by atoms with E-state index < -0.39 is 0 Å². The summed E-state index contributed by atoms with van der Waals surface area (Å²) in [5, 5.41) is 11.7. The molecule has 0 saturated heterocycles. The number of anilines is 1. The normalized spacial score (nSPS) is 11.0. The Bertz CT molecular complexity index is 691. The van der Waals surface area contributed by atoms with Crippen LogP contribution in [0, 0.1) is 0 Å². The van der Waals surface area contributed by atoms with Crippen LogP contribution in [0.2, 0.25) is 5.02 Å². The van der Waals surface area contributed by atoms with Crippen LogP contribution in [0.4, 0.5) is 5.69 Å². The van der Waals surface area contributed by atoms with E-state index in [2.05, 4.69) is 24.3 Å². The Labute approximate surface area is 112 Å². The summed E-state index contributed by atoms with van der Waals surface area (Å²) in [6.07, 6.45) is 1.66. The minimum Gasteiger partial charge on any atom is -0.375 e. The van der Waals surface area contributed by atoms with Gasteiger partial charge in [-0.3, -0.25) is 0 Å². The SMILES string of the molecule is Cn1cnnc1CNc1c(Cl)ccc2nsnc12. The summed E-state index contributed by atoms with van der Waals surface area (Å²) >= 11 is 7.34. The fourth-order valence-electron chi connectivity index (χ4n) is 1.63. The van der Waals surface area contributed by atoms with E-state index in [9.17, 15) is 0 Å². The van der Waals surface area contributed by atoms with Gasteiger partial charge in [-0.05, 0) is 12.1 Å². The molecule has 0 aliphatic carbocycles. The molecule has 1 aromatic carbocycles. The first kappa shape index (κ1) is 11.4. The Balaban J connectivity index is 1.92. The molecule has 0 aliphatic rings. The van der Waals surface area contributed by atoms with Crippen molar-refractivity contribution >= 4 is 40.0 Å². The molecule has 0 spiro atoms. The fourth-order valence-corrected chi connectivity index (χ4v) is 2.39. The number of nitrogens with zero attached hydrogens (tertiary/aromatic N) is 5. The molecule has 0 amide bonds. The molecule has 0 atom stereocenters. The van der Waals surface area contributed by atoms with Gasteiger partial charge in [-0.1, -0.05) is 11.6 Å². The van der Waals surface area contributed by atoms with E-state index in [1.807, 2.05) is 23.7 Å². The van der Waals surface area contributed by atoms with Gasteiger partial charge < -0.3 is 9.88 Å². The van der Waals surface area contributed by atoms with Crippen molar-refractivity contribution in [2.24, 2.45) is 7.05 Å². The number of halogens is 1. The van der Waals surface area contributed by atoms with Gasteiger partial charge >= 0.3 is 0 Å². The lowest BCUT2D eigenvalue weighted by molar-refractivity contribution is 0.812. The average Bonchev–Trinajstić information content (AvgIpc) is 2.97. The van der Waals surface area contributed by atoms with Crippen molar-refractivity contribution in [2.75, 3.05) is 5.32 Å². The number of hydrogen-bond acceptors (Lipinski definition) is 6. The highest BCUT2D eigenvalue weighted by molar-refractivity contribution is 7.00. The van der Waals surface area contributed by atoms with Crippen LogP contribution in [0.5, 0.6) is 0 Å². The predicted molar refractivity (Wildman–Crippen MR) is 70.8 cm³/mol. The monoisotopic (exact) mass is 280 g/mol. The first-order valence-corrected chi connectivity index (χ1v) is 6.34. The van der Waals surface area contributed by atoms with Gasteiger partial charge in [-0.25, -0.2) is 0 Å². The van der Waals surface area contributed by atoms with Crippen LogP contribution < -0.4 is 5.32 Å². The Morgan fingerprint density at radius 1 is 1.39 bits per heavy atom. The van der Waals surface area contributed by atoms with E-state index in [1.165, 1.54) is 11.7 Å². The molecule has 6 nitrogen and oxygen atoms in total. The van der Waals surface area contributed by atoms with Crippen LogP contribution >= 0.6 is 23.3 Å². The molecule has 2 heterocycles. The summed E-state index contributed by atoms with van der Waals surface area (Å²) < 4.78 is 10.3. The largest absolute Gasteiger partial charge is 0.375 e. The molecule has 1 N–H and O–H groups in total. The standard InChI is InChI=1S/C10H9ClN6S/c1-17-5-13-14-8(17)4-12-9-6(11)2-3-7-10(9)16-18-15-7/h2-3,5,12H,4H2,1H3. The summed E-state index contributed by atoms with van der Waals surface area (Å²) in [4.78, 5) is 0. The van der Waals surface area contributed by atoms with E-state index in [-0.39, 0.29) is 0 Å². The third-order valence-electron chi connectivity index (χ3n) is 2.61. The summed E-state index contributed by atoms with van der Waals surface area (Å²) in [6.45, 7) is 0.535. The van der Waals surface area contributed by atoms with Crippen LogP contribution in [0.25, 0.3) is 11.0 Å². The molecule has 3 rings (SSSR count). The Hall–Kier alpha value is -1.73. The lowest BCUT2D eigenvalue weighted by Crippen LogP contribution is -2.06. The highest BCUT2D eigenvalue weighted by Crippen LogP contribution is 2.30. The zero-order valence-electron chi connectivity index (χ0n) is 9.46. The molecule has 0 fully saturated rings. The van der Waals surface area contributed by atoms with E-state index in [0.29, 0.717) is 11.6 Å². The number of benzene rings is 1. The quantitative estimate of drug-likeness (QED) is 0.795. The van der Waals surface area contributed by atoms with E-state index in [1.54, 1.807) is 6.33 Å². The number of aromatic nitrogens is 5. The van der Waals surface area contributed by atoms with Gasteiger partial charge in [0.05, 0.1) is 29.0 Å². The zero-order valence-corrected chi connectivity index (χ0v) is 11.0. The highest BCUT2D eigenvalue weighted by atomic mass is 35.5. The zero-order chi connectivity index (χ0) is 12.5. The number of nitrogens with one attached hydrogen (secondary N) is 1. The van der Waals surface area contributed by atoms with Crippen molar-refractivity contribution in [3.63, 3.8) is 0 Å². The first-order valence-electron chi connectivity index (χ1n) is 5.23. The fraction of sp³-hybridized carbons (Fsp3) is 0.200. The molecule has 0 unspecified atom stereocenters. The number of fused-ring (bicyclic) bond motifs is 1. The van der Waals surface area contributed by atoms with Gasteiger partial charge in [0.2, 0.25) is 0 Å². The second-order valence-corrected chi connectivity index (χ2v) is 4.70. The van der Waals surface area contributed by atoms with Crippen LogP contribution in [0.1, 0.15) is 5.82 Å². The second kappa shape index (κ2) is 4.51. The first-order chi connectivity index (χ1) is 8.75. The molecular weight excluding hydrogens is 272 g/mol. The van der Waals surface area contributed by atoms with Gasteiger partial charge in [0.25, 0.3) is 0 Å². The van der Waals surface area contributed by atoms with Crippen molar-refractivity contribution in [3.05, 3.63) is 29.3 Å². The van der Waals surface area contributed by atoms with Gasteiger partial charge in [0.1, 0.15) is 17.4 Å². The van der Waals surface area contributed by atoms with Crippen molar-refractivity contribution < 1.29 is 0 Å². The molecule has 0 aliphatic heterocycles. The smallest absolute Gasteiger partial charge is 0.151 e. The molecule has 92 valence electrons. The van der Waals surface area contributed by atoms with Crippen molar-refractivity contribution in [2.45, 2.75) is 6.54 Å². The van der Waals surface area contributed by atoms with Crippen LogP contribution in [-0.4, -0.2) is 23.5 Å².